The van der Waals surface area contributed by atoms with Crippen molar-refractivity contribution < 1.29 is 4.79 Å². The third-order valence-electron chi connectivity index (χ3n) is 3.51. The largest absolute Gasteiger partial charge is 0.349 e. The van der Waals surface area contributed by atoms with Crippen LogP contribution in [0.5, 0.6) is 0 Å². The van der Waals surface area contributed by atoms with Gasteiger partial charge in [0.05, 0.1) is 0 Å². The second kappa shape index (κ2) is 7.97. The summed E-state index contributed by atoms with van der Waals surface area (Å²) in [4.78, 5) is 21.4. The Labute approximate surface area is 157 Å². The number of benzene rings is 2. The van der Waals surface area contributed by atoms with Crippen molar-refractivity contribution in [2.24, 2.45) is 0 Å². The predicted octanol–water partition coefficient (Wildman–Crippen LogP) is 4.68. The third kappa shape index (κ3) is 4.58. The molecule has 1 aromatic heterocycles. The van der Waals surface area contributed by atoms with Crippen molar-refractivity contribution in [2.45, 2.75) is 19.9 Å². The van der Waals surface area contributed by atoms with E-state index in [2.05, 4.69) is 20.6 Å². The maximum atomic E-state index is 12.4. The van der Waals surface area contributed by atoms with E-state index >= 15 is 0 Å². The van der Waals surface area contributed by atoms with Gasteiger partial charge in [0.1, 0.15) is 11.5 Å². The number of hydrogen-bond donors (Lipinski definition) is 2. The van der Waals surface area contributed by atoms with Crippen LogP contribution in [0.4, 0.5) is 11.5 Å². The average Bonchev–Trinajstić information content (AvgIpc) is 2.61. The van der Waals surface area contributed by atoms with Gasteiger partial charge in [0.2, 0.25) is 0 Å². The Hall–Kier alpha value is -2.92. The predicted molar refractivity (Wildman–Crippen MR) is 105 cm³/mol. The quantitative estimate of drug-likeness (QED) is 0.688. The number of carbonyl (C=O) groups excluding carboxylic acids is 1. The summed E-state index contributed by atoms with van der Waals surface area (Å²) < 4.78 is 0. The van der Waals surface area contributed by atoms with Crippen LogP contribution in [0.15, 0.2) is 60.7 Å². The van der Waals surface area contributed by atoms with E-state index in [1.165, 1.54) is 0 Å². The van der Waals surface area contributed by atoms with Crippen molar-refractivity contribution in [2.75, 3.05) is 5.32 Å². The standard InChI is InChI=1S/C20H19ClN4O/c1-13(2)22-20(26)17-12-18(23-16-10-6-9-15(21)11-16)25-19(24-17)14-7-4-3-5-8-14/h3-13H,1-2H3,(H,22,26)(H,23,24,25). The van der Waals surface area contributed by atoms with E-state index in [-0.39, 0.29) is 11.9 Å². The van der Waals surface area contributed by atoms with Crippen molar-refractivity contribution in [3.63, 3.8) is 0 Å². The van der Waals surface area contributed by atoms with E-state index in [9.17, 15) is 4.79 Å². The molecule has 2 N–H and O–H groups in total. The van der Waals surface area contributed by atoms with E-state index in [1.807, 2.05) is 56.3 Å². The van der Waals surface area contributed by atoms with Crippen LogP contribution in [0.25, 0.3) is 11.4 Å². The zero-order valence-corrected chi connectivity index (χ0v) is 15.3. The molecule has 0 aliphatic carbocycles. The number of anilines is 2. The fraction of sp³-hybridized carbons (Fsp3) is 0.150. The van der Waals surface area contributed by atoms with Crippen LogP contribution in [0, 0.1) is 0 Å². The van der Waals surface area contributed by atoms with Crippen LogP contribution in [-0.2, 0) is 0 Å². The maximum absolute atomic E-state index is 12.4. The van der Waals surface area contributed by atoms with Crippen LogP contribution in [-0.4, -0.2) is 21.9 Å². The number of amides is 1. The average molecular weight is 367 g/mol. The first kappa shape index (κ1) is 17.9. The van der Waals surface area contributed by atoms with Crippen LogP contribution in [0.2, 0.25) is 5.02 Å². The third-order valence-corrected chi connectivity index (χ3v) is 3.74. The van der Waals surface area contributed by atoms with Crippen LogP contribution >= 0.6 is 11.6 Å². The number of nitrogens with one attached hydrogen (secondary N) is 2. The number of nitrogens with zero attached hydrogens (tertiary/aromatic N) is 2. The van der Waals surface area contributed by atoms with Gasteiger partial charge in [-0.2, -0.15) is 0 Å². The van der Waals surface area contributed by atoms with Crippen molar-refractivity contribution in [1.82, 2.24) is 15.3 Å². The lowest BCUT2D eigenvalue weighted by molar-refractivity contribution is 0.0938. The summed E-state index contributed by atoms with van der Waals surface area (Å²) in [6.07, 6.45) is 0. The second-order valence-corrected chi connectivity index (χ2v) is 6.53. The molecule has 132 valence electrons. The highest BCUT2D eigenvalue weighted by Gasteiger charge is 2.14. The molecule has 0 fully saturated rings. The van der Waals surface area contributed by atoms with Gasteiger partial charge in [-0.3, -0.25) is 4.79 Å². The maximum Gasteiger partial charge on any atom is 0.270 e. The lowest BCUT2D eigenvalue weighted by Crippen LogP contribution is -2.31. The Kier molecular flexibility index (Phi) is 5.49. The molecule has 3 rings (SSSR count). The van der Waals surface area contributed by atoms with E-state index in [1.54, 1.807) is 18.2 Å². The molecular weight excluding hydrogens is 348 g/mol. The Morgan fingerprint density at radius 2 is 1.77 bits per heavy atom. The van der Waals surface area contributed by atoms with Gasteiger partial charge in [-0.1, -0.05) is 48.0 Å². The minimum absolute atomic E-state index is 0.0157. The molecule has 0 spiro atoms. The normalized spacial score (nSPS) is 10.6. The fourth-order valence-corrected chi connectivity index (χ4v) is 2.58. The minimum atomic E-state index is -0.242. The minimum Gasteiger partial charge on any atom is -0.349 e. The summed E-state index contributed by atoms with van der Waals surface area (Å²) in [5, 5.41) is 6.66. The summed E-state index contributed by atoms with van der Waals surface area (Å²) in [6, 6.07) is 18.5. The molecule has 0 radical (unpaired) electrons. The Bertz CT molecular complexity index is 913. The highest BCUT2D eigenvalue weighted by molar-refractivity contribution is 6.30. The van der Waals surface area contributed by atoms with Crippen molar-refractivity contribution in [3.05, 3.63) is 71.4 Å². The van der Waals surface area contributed by atoms with Gasteiger partial charge in [0.25, 0.3) is 5.91 Å². The lowest BCUT2D eigenvalue weighted by Gasteiger charge is -2.12. The van der Waals surface area contributed by atoms with Crippen molar-refractivity contribution in [1.29, 1.82) is 0 Å². The van der Waals surface area contributed by atoms with Gasteiger partial charge in [-0.15, -0.1) is 0 Å². The SMILES string of the molecule is CC(C)NC(=O)c1cc(Nc2cccc(Cl)c2)nc(-c2ccccc2)n1. The van der Waals surface area contributed by atoms with Gasteiger partial charge in [-0.25, -0.2) is 9.97 Å². The van der Waals surface area contributed by atoms with E-state index < -0.39 is 0 Å². The van der Waals surface area contributed by atoms with Crippen molar-refractivity contribution >= 4 is 29.0 Å². The van der Waals surface area contributed by atoms with Crippen LogP contribution < -0.4 is 10.6 Å². The molecule has 6 heteroatoms. The smallest absolute Gasteiger partial charge is 0.270 e. The molecule has 3 aromatic rings. The first-order chi connectivity index (χ1) is 12.5. The van der Waals surface area contributed by atoms with E-state index in [4.69, 9.17) is 11.6 Å². The Balaban J connectivity index is 2.01. The number of hydrogen-bond acceptors (Lipinski definition) is 4. The Morgan fingerprint density at radius 3 is 2.46 bits per heavy atom. The van der Waals surface area contributed by atoms with Crippen LogP contribution in [0.1, 0.15) is 24.3 Å². The summed E-state index contributed by atoms with van der Waals surface area (Å²) in [6.45, 7) is 3.81. The first-order valence-corrected chi connectivity index (χ1v) is 8.67. The number of aromatic nitrogens is 2. The zero-order valence-electron chi connectivity index (χ0n) is 14.5. The van der Waals surface area contributed by atoms with Gasteiger partial charge < -0.3 is 10.6 Å². The van der Waals surface area contributed by atoms with E-state index in [0.29, 0.717) is 22.4 Å². The molecule has 0 bridgehead atoms. The number of carbonyl (C=O) groups is 1. The molecule has 2 aromatic carbocycles. The Morgan fingerprint density at radius 1 is 1.00 bits per heavy atom. The number of halogens is 1. The second-order valence-electron chi connectivity index (χ2n) is 6.09. The summed E-state index contributed by atoms with van der Waals surface area (Å²) in [5.74, 6) is 0.760. The first-order valence-electron chi connectivity index (χ1n) is 8.29. The van der Waals surface area contributed by atoms with Gasteiger partial charge in [-0.05, 0) is 32.0 Å². The monoisotopic (exact) mass is 366 g/mol. The van der Waals surface area contributed by atoms with Crippen molar-refractivity contribution in [3.8, 4) is 11.4 Å². The van der Waals surface area contributed by atoms with Gasteiger partial charge >= 0.3 is 0 Å². The van der Waals surface area contributed by atoms with E-state index in [0.717, 1.165) is 11.3 Å². The topological polar surface area (TPSA) is 66.9 Å². The number of rotatable bonds is 5. The molecular formula is C20H19ClN4O. The molecule has 1 amide bonds. The molecule has 26 heavy (non-hydrogen) atoms. The molecule has 0 saturated heterocycles. The van der Waals surface area contributed by atoms with Gasteiger partial charge in [0, 0.05) is 28.4 Å². The summed E-state index contributed by atoms with van der Waals surface area (Å²) >= 11 is 6.04. The molecule has 0 aliphatic heterocycles. The molecule has 0 atom stereocenters. The summed E-state index contributed by atoms with van der Waals surface area (Å²) in [7, 11) is 0. The highest BCUT2D eigenvalue weighted by Crippen LogP contribution is 2.22. The summed E-state index contributed by atoms with van der Waals surface area (Å²) in [5.41, 5.74) is 1.92. The van der Waals surface area contributed by atoms with Crippen LogP contribution in [0.3, 0.4) is 0 Å². The molecule has 0 unspecified atom stereocenters. The molecule has 1 heterocycles. The lowest BCUT2D eigenvalue weighted by atomic mass is 10.2. The highest BCUT2D eigenvalue weighted by atomic mass is 35.5. The fourth-order valence-electron chi connectivity index (χ4n) is 2.39. The molecule has 5 nitrogen and oxygen atoms in total. The molecule has 0 saturated carbocycles. The molecule has 0 aliphatic rings. The zero-order chi connectivity index (χ0) is 18.5. The van der Waals surface area contributed by atoms with Gasteiger partial charge in [0.15, 0.2) is 5.82 Å².